The minimum atomic E-state index is -0.0997. The fraction of sp³-hybridized carbons (Fsp3) is 0.286. The Morgan fingerprint density at radius 2 is 2.11 bits per heavy atom. The smallest absolute Gasteiger partial charge is 0.145 e. The van der Waals surface area contributed by atoms with Crippen LogP contribution in [0.1, 0.15) is 11.8 Å². The highest BCUT2D eigenvalue weighted by Gasteiger charge is 2.14. The molecular weight excluding hydrogens is 244 g/mol. The first-order valence-corrected chi connectivity index (χ1v) is 6.00. The lowest BCUT2D eigenvalue weighted by molar-refractivity contribution is 0.394. The van der Waals surface area contributed by atoms with Crippen molar-refractivity contribution in [2.24, 2.45) is 5.73 Å². The van der Waals surface area contributed by atoms with Crippen LogP contribution in [0.5, 0.6) is 11.5 Å². The first kappa shape index (κ1) is 13.3. The summed E-state index contributed by atoms with van der Waals surface area (Å²) < 4.78 is 15.9. The fourth-order valence-corrected chi connectivity index (χ4v) is 1.84. The van der Waals surface area contributed by atoms with Crippen LogP contribution in [0.15, 0.2) is 41.0 Å². The Morgan fingerprint density at radius 1 is 1.26 bits per heavy atom. The van der Waals surface area contributed by atoms with Gasteiger partial charge in [0.15, 0.2) is 0 Å². The molecule has 0 aliphatic heterocycles. The van der Waals surface area contributed by atoms with Crippen LogP contribution in [-0.4, -0.2) is 20.8 Å². The van der Waals surface area contributed by atoms with E-state index in [-0.39, 0.29) is 6.04 Å². The predicted molar refractivity (Wildman–Crippen MR) is 73.7 cm³/mol. The molecule has 19 heavy (non-hydrogen) atoms. The Hall–Kier alpha value is -2.14. The maximum Gasteiger partial charge on any atom is 0.145 e. The van der Waals surface area contributed by atoms with Crippen LogP contribution in [0.2, 0.25) is 0 Å². The first-order valence-electron chi connectivity index (χ1n) is 6.00. The van der Waals surface area contributed by atoms with E-state index in [1.54, 1.807) is 20.5 Å². The molecule has 1 aromatic carbocycles. The van der Waals surface area contributed by atoms with Gasteiger partial charge in [-0.1, -0.05) is 0 Å². The van der Waals surface area contributed by atoms with Crippen LogP contribution in [-0.2, 0) is 0 Å². The van der Waals surface area contributed by atoms with Crippen molar-refractivity contribution in [1.82, 2.24) is 0 Å². The van der Waals surface area contributed by atoms with Crippen LogP contribution in [0.4, 0.5) is 5.69 Å². The molecule has 0 radical (unpaired) electrons. The average Bonchev–Trinajstić information content (AvgIpc) is 2.98. The molecule has 0 aliphatic carbocycles. The van der Waals surface area contributed by atoms with Crippen LogP contribution >= 0.6 is 0 Å². The van der Waals surface area contributed by atoms with Crippen LogP contribution in [0.25, 0.3) is 0 Å². The molecule has 3 N–H and O–H groups in total. The maximum atomic E-state index is 5.77. The van der Waals surface area contributed by atoms with Gasteiger partial charge in [0.05, 0.1) is 32.2 Å². The highest BCUT2D eigenvalue weighted by atomic mass is 16.5. The second-order valence-corrected chi connectivity index (χ2v) is 4.01. The van der Waals surface area contributed by atoms with Crippen LogP contribution in [0, 0.1) is 0 Å². The summed E-state index contributed by atoms with van der Waals surface area (Å²) in [5.41, 5.74) is 6.61. The Morgan fingerprint density at radius 3 is 2.68 bits per heavy atom. The number of ether oxygens (including phenoxy) is 2. The van der Waals surface area contributed by atoms with Crippen molar-refractivity contribution < 1.29 is 13.9 Å². The van der Waals surface area contributed by atoms with E-state index in [1.165, 1.54) is 0 Å². The van der Waals surface area contributed by atoms with E-state index < -0.39 is 0 Å². The summed E-state index contributed by atoms with van der Waals surface area (Å²) in [6, 6.07) is 9.20. The number of furan rings is 1. The number of rotatable bonds is 6. The lowest BCUT2D eigenvalue weighted by atomic mass is 10.2. The number of anilines is 1. The SMILES string of the molecule is COc1ccc(NC(CN)c2ccco2)c(OC)c1. The molecule has 1 atom stereocenters. The third kappa shape index (κ3) is 3.00. The van der Waals surface area contributed by atoms with Crippen LogP contribution in [0.3, 0.4) is 0 Å². The quantitative estimate of drug-likeness (QED) is 0.836. The zero-order chi connectivity index (χ0) is 13.7. The van der Waals surface area contributed by atoms with Gasteiger partial charge in [-0.25, -0.2) is 0 Å². The predicted octanol–water partition coefficient (Wildman–Crippen LogP) is 2.41. The van der Waals surface area contributed by atoms with E-state index in [4.69, 9.17) is 19.6 Å². The molecule has 0 fully saturated rings. The summed E-state index contributed by atoms with van der Waals surface area (Å²) in [4.78, 5) is 0. The normalized spacial score (nSPS) is 11.9. The molecule has 5 nitrogen and oxygen atoms in total. The maximum absolute atomic E-state index is 5.77. The van der Waals surface area contributed by atoms with Crippen molar-refractivity contribution in [2.75, 3.05) is 26.1 Å². The molecule has 102 valence electrons. The molecule has 1 aromatic heterocycles. The van der Waals surface area contributed by atoms with E-state index in [0.29, 0.717) is 12.3 Å². The van der Waals surface area contributed by atoms with Gasteiger partial charge in [-0.15, -0.1) is 0 Å². The number of hydrogen-bond acceptors (Lipinski definition) is 5. The molecule has 0 aliphatic rings. The van der Waals surface area contributed by atoms with E-state index in [1.807, 2.05) is 30.3 Å². The molecule has 5 heteroatoms. The minimum absolute atomic E-state index is 0.0997. The van der Waals surface area contributed by atoms with Gasteiger partial charge >= 0.3 is 0 Å². The van der Waals surface area contributed by atoms with Gasteiger partial charge in [0.1, 0.15) is 17.3 Å². The number of nitrogens with one attached hydrogen (secondary N) is 1. The van der Waals surface area contributed by atoms with Crippen LogP contribution < -0.4 is 20.5 Å². The van der Waals surface area contributed by atoms with Gasteiger partial charge in [-0.2, -0.15) is 0 Å². The molecule has 0 bridgehead atoms. The number of benzene rings is 1. The van der Waals surface area contributed by atoms with Gasteiger partial charge in [-0.05, 0) is 24.3 Å². The standard InChI is InChI=1S/C14H18N2O3/c1-17-10-5-6-11(14(8-10)18-2)16-12(9-15)13-4-3-7-19-13/h3-8,12,16H,9,15H2,1-2H3. The number of methoxy groups -OCH3 is 2. The summed E-state index contributed by atoms with van der Waals surface area (Å²) in [6.45, 7) is 0.419. The molecule has 0 amide bonds. The Kier molecular flexibility index (Phi) is 4.30. The number of nitrogens with two attached hydrogens (primary N) is 1. The highest BCUT2D eigenvalue weighted by Crippen LogP contribution is 2.31. The zero-order valence-electron chi connectivity index (χ0n) is 11.1. The van der Waals surface area contributed by atoms with Crippen molar-refractivity contribution in [3.63, 3.8) is 0 Å². The number of hydrogen-bond donors (Lipinski definition) is 2. The van der Waals surface area contributed by atoms with Gasteiger partial charge in [0.25, 0.3) is 0 Å². The largest absolute Gasteiger partial charge is 0.497 e. The Bertz CT molecular complexity index is 511. The molecular formula is C14H18N2O3. The van der Waals surface area contributed by atoms with Crippen molar-refractivity contribution >= 4 is 5.69 Å². The van der Waals surface area contributed by atoms with E-state index >= 15 is 0 Å². The molecule has 1 heterocycles. The van der Waals surface area contributed by atoms with Gasteiger partial charge in [0.2, 0.25) is 0 Å². The third-order valence-electron chi connectivity index (χ3n) is 2.86. The molecule has 0 saturated carbocycles. The summed E-state index contributed by atoms with van der Waals surface area (Å²) in [5, 5.41) is 3.30. The Balaban J connectivity index is 2.22. The van der Waals surface area contributed by atoms with Crippen molar-refractivity contribution in [3.8, 4) is 11.5 Å². The molecule has 0 spiro atoms. The van der Waals surface area contributed by atoms with Crippen molar-refractivity contribution in [3.05, 3.63) is 42.4 Å². The average molecular weight is 262 g/mol. The zero-order valence-corrected chi connectivity index (χ0v) is 11.1. The molecule has 0 saturated heterocycles. The summed E-state index contributed by atoms with van der Waals surface area (Å²) in [6.07, 6.45) is 1.63. The molecule has 1 unspecified atom stereocenters. The van der Waals surface area contributed by atoms with Gasteiger partial charge in [0, 0.05) is 12.6 Å². The lowest BCUT2D eigenvalue weighted by Crippen LogP contribution is -2.20. The fourth-order valence-electron chi connectivity index (χ4n) is 1.84. The third-order valence-corrected chi connectivity index (χ3v) is 2.86. The van der Waals surface area contributed by atoms with Crippen molar-refractivity contribution in [2.45, 2.75) is 6.04 Å². The summed E-state index contributed by atoms with van der Waals surface area (Å²) in [5.74, 6) is 2.23. The monoisotopic (exact) mass is 262 g/mol. The van der Waals surface area contributed by atoms with E-state index in [2.05, 4.69) is 5.32 Å². The van der Waals surface area contributed by atoms with Crippen molar-refractivity contribution in [1.29, 1.82) is 0 Å². The minimum Gasteiger partial charge on any atom is -0.497 e. The summed E-state index contributed by atoms with van der Waals surface area (Å²) >= 11 is 0. The molecule has 2 rings (SSSR count). The van der Waals surface area contributed by atoms with Gasteiger partial charge in [-0.3, -0.25) is 0 Å². The second-order valence-electron chi connectivity index (χ2n) is 4.01. The second kappa shape index (κ2) is 6.15. The topological polar surface area (TPSA) is 69.7 Å². The lowest BCUT2D eigenvalue weighted by Gasteiger charge is -2.18. The van der Waals surface area contributed by atoms with Gasteiger partial charge < -0.3 is 24.9 Å². The first-order chi connectivity index (χ1) is 9.28. The summed E-state index contributed by atoms with van der Waals surface area (Å²) in [7, 11) is 3.23. The van der Waals surface area contributed by atoms with E-state index in [0.717, 1.165) is 17.2 Å². The van der Waals surface area contributed by atoms with E-state index in [9.17, 15) is 0 Å². The Labute approximate surface area is 112 Å². The molecule has 2 aromatic rings. The highest BCUT2D eigenvalue weighted by molar-refractivity contribution is 5.60.